The van der Waals surface area contributed by atoms with Crippen molar-refractivity contribution in [3.05, 3.63) is 92.7 Å². The predicted molar refractivity (Wildman–Crippen MR) is 136 cm³/mol. The molecule has 8 nitrogen and oxygen atoms in total. The second-order valence-corrected chi connectivity index (χ2v) is 9.63. The molecule has 4 rings (SSSR count). The lowest BCUT2D eigenvalue weighted by Crippen LogP contribution is -2.40. The number of amides is 2. The first-order chi connectivity index (χ1) is 16.5. The molecule has 2 aromatic carbocycles. The maximum atomic E-state index is 13.2. The maximum absolute atomic E-state index is 13.2. The number of thiophene rings is 1. The number of rotatable bonds is 7. The van der Waals surface area contributed by atoms with Gasteiger partial charge in [-0.1, -0.05) is 36.4 Å². The molecule has 34 heavy (non-hydrogen) atoms. The molecule has 0 spiro atoms. The van der Waals surface area contributed by atoms with Gasteiger partial charge in [0.2, 0.25) is 0 Å². The average Bonchev–Trinajstić information content (AvgIpc) is 3.23. The monoisotopic (exact) mass is 491 g/mol. The van der Waals surface area contributed by atoms with Crippen molar-refractivity contribution in [2.24, 2.45) is 5.10 Å². The van der Waals surface area contributed by atoms with Gasteiger partial charge in [-0.3, -0.25) is 14.4 Å². The van der Waals surface area contributed by atoms with Gasteiger partial charge in [-0.2, -0.15) is 10.2 Å². The lowest BCUT2D eigenvalue weighted by atomic mass is 10.0. The molecule has 1 atom stereocenters. The van der Waals surface area contributed by atoms with Crippen molar-refractivity contribution in [1.82, 2.24) is 20.9 Å². The molecule has 172 valence electrons. The highest BCUT2D eigenvalue weighted by Crippen LogP contribution is 2.29. The van der Waals surface area contributed by atoms with E-state index in [0.29, 0.717) is 16.3 Å². The van der Waals surface area contributed by atoms with Crippen LogP contribution in [-0.2, 0) is 4.79 Å². The molecule has 2 aromatic heterocycles. The Morgan fingerprint density at radius 2 is 1.82 bits per heavy atom. The standard InChI is InChI=1S/C24H21N5O3S2/c1-14-12-16(24(33-2)34-14)13-25-28-23(32)20(26-21(30)15-8-4-3-5-9-15)19-17-10-6-7-11-18(17)22(31)29-27-19/h3-13,20H,1-2H3,(H,26,30)(H,28,32)(H,29,31)/b25-13+. The zero-order valence-corrected chi connectivity index (χ0v) is 20.0. The van der Waals surface area contributed by atoms with E-state index in [2.05, 4.69) is 26.0 Å². The number of hydrogen-bond donors (Lipinski definition) is 3. The van der Waals surface area contributed by atoms with E-state index in [0.717, 1.165) is 14.6 Å². The summed E-state index contributed by atoms with van der Waals surface area (Å²) in [6, 6.07) is 16.1. The van der Waals surface area contributed by atoms with E-state index in [4.69, 9.17) is 0 Å². The molecular formula is C24H21N5O3S2. The molecule has 3 N–H and O–H groups in total. The van der Waals surface area contributed by atoms with Gasteiger partial charge in [0.1, 0.15) is 5.69 Å². The lowest BCUT2D eigenvalue weighted by molar-refractivity contribution is -0.123. The van der Waals surface area contributed by atoms with Crippen molar-refractivity contribution >= 4 is 51.9 Å². The number of aromatic nitrogens is 2. The minimum absolute atomic E-state index is 0.211. The van der Waals surface area contributed by atoms with Gasteiger partial charge < -0.3 is 5.32 Å². The Morgan fingerprint density at radius 1 is 1.12 bits per heavy atom. The molecule has 10 heteroatoms. The van der Waals surface area contributed by atoms with Crippen LogP contribution in [0.2, 0.25) is 0 Å². The molecule has 0 saturated carbocycles. The Hall–Kier alpha value is -3.76. The van der Waals surface area contributed by atoms with Crippen LogP contribution < -0.4 is 16.3 Å². The van der Waals surface area contributed by atoms with Gasteiger partial charge in [-0.05, 0) is 37.4 Å². The van der Waals surface area contributed by atoms with E-state index in [1.54, 1.807) is 83.9 Å². The smallest absolute Gasteiger partial charge is 0.272 e. The highest BCUT2D eigenvalue weighted by molar-refractivity contribution is 8.00. The second-order valence-electron chi connectivity index (χ2n) is 7.29. The van der Waals surface area contributed by atoms with E-state index < -0.39 is 17.9 Å². The lowest BCUT2D eigenvalue weighted by Gasteiger charge is -2.18. The zero-order valence-electron chi connectivity index (χ0n) is 18.4. The van der Waals surface area contributed by atoms with Crippen molar-refractivity contribution < 1.29 is 9.59 Å². The molecule has 0 aliphatic rings. The third-order valence-corrected chi connectivity index (χ3v) is 7.20. The molecular weight excluding hydrogens is 470 g/mol. The van der Waals surface area contributed by atoms with Crippen LogP contribution in [0.25, 0.3) is 10.8 Å². The van der Waals surface area contributed by atoms with E-state index in [9.17, 15) is 14.4 Å². The first-order valence-electron chi connectivity index (χ1n) is 10.3. The third kappa shape index (κ3) is 5.08. The summed E-state index contributed by atoms with van der Waals surface area (Å²) in [4.78, 5) is 39.5. The SMILES string of the molecule is CSc1sc(C)cc1/C=N/NC(=O)C(NC(=O)c1ccccc1)c1n[nH]c(=O)c2ccccc12. The average molecular weight is 492 g/mol. The van der Waals surface area contributed by atoms with Crippen LogP contribution in [0.3, 0.4) is 0 Å². The summed E-state index contributed by atoms with van der Waals surface area (Å²) in [5.74, 6) is -1.05. The van der Waals surface area contributed by atoms with Crippen LogP contribution in [0.1, 0.15) is 32.5 Å². The molecule has 0 fully saturated rings. The van der Waals surface area contributed by atoms with Crippen LogP contribution in [0.5, 0.6) is 0 Å². The quantitative estimate of drug-likeness (QED) is 0.207. The third-order valence-electron chi connectivity index (χ3n) is 4.98. The Kier molecular flexibility index (Phi) is 7.19. The summed E-state index contributed by atoms with van der Waals surface area (Å²) >= 11 is 3.24. The number of nitrogens with zero attached hydrogens (tertiary/aromatic N) is 2. The zero-order chi connectivity index (χ0) is 24.1. The summed E-state index contributed by atoms with van der Waals surface area (Å²) in [7, 11) is 0. The fourth-order valence-corrected chi connectivity index (χ4v) is 5.19. The number of carbonyl (C=O) groups excluding carboxylic acids is 2. The Bertz CT molecular complexity index is 1430. The first kappa shape index (κ1) is 23.4. The number of H-pyrrole nitrogens is 1. The number of carbonyl (C=O) groups is 2. The summed E-state index contributed by atoms with van der Waals surface area (Å²) in [6.07, 6.45) is 3.55. The van der Waals surface area contributed by atoms with Crippen molar-refractivity contribution in [3.8, 4) is 0 Å². The fourth-order valence-electron chi connectivity index (χ4n) is 3.41. The number of fused-ring (bicyclic) bond motifs is 1. The minimum Gasteiger partial charge on any atom is -0.335 e. The van der Waals surface area contributed by atoms with Crippen LogP contribution in [0.4, 0.5) is 0 Å². The van der Waals surface area contributed by atoms with Crippen molar-refractivity contribution in [2.45, 2.75) is 17.2 Å². The Morgan fingerprint density at radius 3 is 2.56 bits per heavy atom. The van der Waals surface area contributed by atoms with Gasteiger partial charge in [0.25, 0.3) is 17.4 Å². The van der Waals surface area contributed by atoms with Crippen LogP contribution in [0, 0.1) is 6.92 Å². The van der Waals surface area contributed by atoms with Crippen LogP contribution in [0.15, 0.2) is 74.8 Å². The summed E-state index contributed by atoms with van der Waals surface area (Å²) in [5, 5.41) is 14.2. The molecule has 0 aliphatic heterocycles. The number of benzene rings is 2. The molecule has 1 unspecified atom stereocenters. The number of hydrogen-bond acceptors (Lipinski definition) is 7. The van der Waals surface area contributed by atoms with E-state index >= 15 is 0 Å². The second kappa shape index (κ2) is 10.4. The fraction of sp³-hybridized carbons (Fsp3) is 0.125. The van der Waals surface area contributed by atoms with Gasteiger partial charge in [0.15, 0.2) is 6.04 Å². The molecule has 2 amide bonds. The van der Waals surface area contributed by atoms with Crippen LogP contribution >= 0.6 is 23.1 Å². The van der Waals surface area contributed by atoms with Crippen molar-refractivity contribution in [1.29, 1.82) is 0 Å². The van der Waals surface area contributed by atoms with E-state index in [-0.39, 0.29) is 11.3 Å². The number of hydrazone groups is 1. The number of aromatic amines is 1. The first-order valence-corrected chi connectivity index (χ1v) is 12.3. The molecule has 2 heterocycles. The number of thioether (sulfide) groups is 1. The summed E-state index contributed by atoms with van der Waals surface area (Å²) < 4.78 is 1.08. The molecule has 0 aliphatic carbocycles. The van der Waals surface area contributed by atoms with Crippen LogP contribution in [-0.4, -0.2) is 34.5 Å². The van der Waals surface area contributed by atoms with Gasteiger partial charge >= 0.3 is 0 Å². The van der Waals surface area contributed by atoms with Crippen molar-refractivity contribution in [2.75, 3.05) is 6.26 Å². The molecule has 0 radical (unpaired) electrons. The van der Waals surface area contributed by atoms with Gasteiger partial charge in [0, 0.05) is 21.4 Å². The highest BCUT2D eigenvalue weighted by Gasteiger charge is 2.27. The van der Waals surface area contributed by atoms with E-state index in [1.165, 1.54) is 0 Å². The number of aryl methyl sites for hydroxylation is 1. The maximum Gasteiger partial charge on any atom is 0.272 e. The highest BCUT2D eigenvalue weighted by atomic mass is 32.2. The number of nitrogens with one attached hydrogen (secondary N) is 3. The van der Waals surface area contributed by atoms with E-state index in [1.807, 2.05) is 19.2 Å². The molecule has 4 aromatic rings. The minimum atomic E-state index is -1.20. The van der Waals surface area contributed by atoms with Gasteiger partial charge in [-0.25, -0.2) is 10.5 Å². The molecule has 0 saturated heterocycles. The predicted octanol–water partition coefficient (Wildman–Crippen LogP) is 3.64. The summed E-state index contributed by atoms with van der Waals surface area (Å²) in [5.41, 5.74) is 3.61. The summed E-state index contributed by atoms with van der Waals surface area (Å²) in [6.45, 7) is 2.00. The normalized spacial score (nSPS) is 12.1. The topological polar surface area (TPSA) is 116 Å². The van der Waals surface area contributed by atoms with Gasteiger partial charge in [-0.15, -0.1) is 23.1 Å². The largest absolute Gasteiger partial charge is 0.335 e. The Labute approximate surface area is 203 Å². The Balaban J connectivity index is 1.67. The van der Waals surface area contributed by atoms with Gasteiger partial charge in [0.05, 0.1) is 15.8 Å². The molecule has 0 bridgehead atoms. The van der Waals surface area contributed by atoms with Crippen molar-refractivity contribution in [3.63, 3.8) is 0 Å².